The van der Waals surface area contributed by atoms with Crippen LogP contribution < -0.4 is 0 Å². The van der Waals surface area contributed by atoms with E-state index >= 15 is 0 Å². The van der Waals surface area contributed by atoms with E-state index in [2.05, 4.69) is 0 Å². The smallest absolute Gasteiger partial charge is 0.223 e. The Kier molecular flexibility index (Phi) is 0.997. The Bertz CT molecular complexity index is 223. The zero-order valence-corrected chi connectivity index (χ0v) is 5.52. The van der Waals surface area contributed by atoms with Crippen LogP contribution in [0.25, 0.3) is 0 Å². The highest BCUT2D eigenvalue weighted by Gasteiger charge is 3.22. The molecule has 0 aliphatic heterocycles. The molecule has 0 amide bonds. The summed E-state index contributed by atoms with van der Waals surface area (Å²) < 4.78 is 96.9. The summed E-state index contributed by atoms with van der Waals surface area (Å²) >= 11 is 0. The molecule has 3 aliphatic rings. The maximum absolute atomic E-state index is 12.4. The van der Waals surface area contributed by atoms with Crippen LogP contribution >= 0.6 is 0 Å². The minimum atomic E-state index is -5.36. The van der Waals surface area contributed by atoms with E-state index < -0.39 is 29.1 Å². The fraction of sp³-hybridized carbons (Fsp3) is 1.00. The van der Waals surface area contributed by atoms with E-state index in [1.165, 1.54) is 0 Å². The Balaban J connectivity index is 2.57. The van der Waals surface area contributed by atoms with Gasteiger partial charge in [-0.25, -0.2) is 8.78 Å². The van der Waals surface area contributed by atoms with Crippen LogP contribution in [0.2, 0.25) is 0 Å². The van der Waals surface area contributed by atoms with Crippen molar-refractivity contribution in [3.05, 3.63) is 0 Å². The lowest BCUT2D eigenvalue weighted by molar-refractivity contribution is -0.607. The number of hydrogen-bond acceptors (Lipinski definition) is 0. The van der Waals surface area contributed by atoms with Gasteiger partial charge < -0.3 is 0 Å². The quantitative estimate of drug-likeness (QED) is 0.540. The van der Waals surface area contributed by atoms with Gasteiger partial charge >= 0.3 is 29.1 Å². The summed E-state index contributed by atoms with van der Waals surface area (Å²) in [5.41, 5.74) is -10.7. The van der Waals surface area contributed by atoms with Crippen molar-refractivity contribution in [3.63, 3.8) is 0 Å². The first-order valence-electron chi connectivity index (χ1n) is 3.01. The molecule has 0 unspecified atom stereocenters. The van der Waals surface area contributed by atoms with Gasteiger partial charge in [-0.3, -0.25) is 0 Å². The van der Waals surface area contributed by atoms with Gasteiger partial charge in [0.2, 0.25) is 0 Å². The molecule has 2 bridgehead atoms. The molecule has 0 aromatic heterocycles. The summed E-state index contributed by atoms with van der Waals surface area (Å²) in [6.45, 7) is 0. The number of rotatable bonds is 0. The summed E-state index contributed by atoms with van der Waals surface area (Å²) in [6.07, 6.45) is 0. The lowest BCUT2D eigenvalue weighted by atomic mass is 9.41. The van der Waals surface area contributed by atoms with Gasteiger partial charge in [0.25, 0.3) is 0 Å². The Labute approximate surface area is 65.5 Å². The third kappa shape index (κ3) is 0.357. The highest BCUT2D eigenvalue weighted by Crippen LogP contribution is 2.87. The average Bonchev–Trinajstić information content (AvgIpc) is 1.99. The molecule has 3 fully saturated rings. The highest BCUT2D eigenvalue weighted by atomic mass is 19.3. The largest absolute Gasteiger partial charge is 0.339 e. The Morgan fingerprint density at radius 1 is 0.385 bits per heavy atom. The van der Waals surface area contributed by atoms with Gasteiger partial charge in [-0.2, -0.15) is 26.3 Å². The fourth-order valence-electron chi connectivity index (χ4n) is 1.71. The maximum Gasteiger partial charge on any atom is 0.339 e. The van der Waals surface area contributed by atoms with Crippen molar-refractivity contribution in [3.8, 4) is 0 Å². The molecule has 0 radical (unpaired) electrons. The number of halogens is 8. The standard InChI is InChI=1S/C5F8/c6-1-3(8,9)2(7,4(1,10)11)5(1,12)13. The second-order valence-corrected chi connectivity index (χ2v) is 3.04. The number of hydrogen-bond donors (Lipinski definition) is 0. The minimum absolute atomic E-state index is 5.31. The molecule has 3 saturated carbocycles. The molecule has 0 spiro atoms. The molecule has 0 atom stereocenters. The summed E-state index contributed by atoms with van der Waals surface area (Å²) in [5.74, 6) is -15.9. The van der Waals surface area contributed by atoms with Gasteiger partial charge in [0.15, 0.2) is 0 Å². The Hall–Kier alpha value is -0.560. The molecule has 3 rings (SSSR count). The molecule has 0 saturated heterocycles. The maximum atomic E-state index is 12.4. The summed E-state index contributed by atoms with van der Waals surface area (Å²) in [6, 6.07) is 0. The first-order valence-corrected chi connectivity index (χ1v) is 3.01. The van der Waals surface area contributed by atoms with Crippen LogP contribution in [0.4, 0.5) is 35.1 Å². The minimum Gasteiger partial charge on any atom is -0.223 e. The van der Waals surface area contributed by atoms with Crippen molar-refractivity contribution in [2.75, 3.05) is 0 Å². The van der Waals surface area contributed by atoms with Crippen LogP contribution in [0.5, 0.6) is 0 Å². The molecule has 0 aromatic rings. The second kappa shape index (κ2) is 1.44. The fourth-order valence-corrected chi connectivity index (χ4v) is 1.71. The van der Waals surface area contributed by atoms with Crippen LogP contribution in [0, 0.1) is 0 Å². The summed E-state index contributed by atoms with van der Waals surface area (Å²) in [4.78, 5) is 0. The molecular weight excluding hydrogens is 212 g/mol. The molecule has 0 heterocycles. The zero-order chi connectivity index (χ0) is 10.5. The van der Waals surface area contributed by atoms with Crippen LogP contribution in [0.15, 0.2) is 0 Å². The average molecular weight is 212 g/mol. The molecule has 0 aromatic carbocycles. The van der Waals surface area contributed by atoms with Crippen LogP contribution in [0.1, 0.15) is 0 Å². The normalized spacial score (nSPS) is 53.5. The monoisotopic (exact) mass is 212 g/mol. The van der Waals surface area contributed by atoms with E-state index in [9.17, 15) is 35.1 Å². The SMILES string of the molecule is FC1(F)C2(F)C(F)(F)C1(F)C2(F)F. The third-order valence-corrected chi connectivity index (χ3v) is 2.60. The molecule has 76 valence electrons. The predicted molar refractivity (Wildman–Crippen MR) is 22.5 cm³/mol. The lowest BCUT2D eigenvalue weighted by Gasteiger charge is -2.73. The van der Waals surface area contributed by atoms with E-state index in [-0.39, 0.29) is 0 Å². The summed E-state index contributed by atoms with van der Waals surface area (Å²) in [7, 11) is 0. The van der Waals surface area contributed by atoms with E-state index in [4.69, 9.17) is 0 Å². The van der Waals surface area contributed by atoms with Gasteiger partial charge in [0.05, 0.1) is 0 Å². The molecule has 13 heavy (non-hydrogen) atoms. The molecule has 0 nitrogen and oxygen atoms in total. The van der Waals surface area contributed by atoms with Crippen molar-refractivity contribution in [1.82, 2.24) is 0 Å². The zero-order valence-electron chi connectivity index (χ0n) is 5.52. The molecular formula is C5F8. The predicted octanol–water partition coefficient (Wildman–Crippen LogP) is 2.34. The first-order chi connectivity index (χ1) is 5.50. The Morgan fingerprint density at radius 3 is 0.615 bits per heavy atom. The van der Waals surface area contributed by atoms with E-state index in [0.29, 0.717) is 0 Å². The third-order valence-electron chi connectivity index (χ3n) is 2.60. The summed E-state index contributed by atoms with van der Waals surface area (Å²) in [5, 5.41) is 0. The Morgan fingerprint density at radius 2 is 0.538 bits per heavy atom. The van der Waals surface area contributed by atoms with E-state index in [1.807, 2.05) is 0 Å². The first kappa shape index (κ1) is 9.01. The van der Waals surface area contributed by atoms with Crippen LogP contribution in [0.3, 0.4) is 0 Å². The molecule has 3 aliphatic carbocycles. The molecule has 8 heteroatoms. The lowest BCUT2D eigenvalue weighted by Crippen LogP contribution is -3.08. The van der Waals surface area contributed by atoms with Crippen molar-refractivity contribution < 1.29 is 35.1 Å². The van der Waals surface area contributed by atoms with Gasteiger partial charge in [-0.05, 0) is 0 Å². The van der Waals surface area contributed by atoms with Crippen molar-refractivity contribution in [2.45, 2.75) is 29.1 Å². The molecule has 0 N–H and O–H groups in total. The van der Waals surface area contributed by atoms with Crippen LogP contribution in [-0.4, -0.2) is 29.1 Å². The van der Waals surface area contributed by atoms with Crippen LogP contribution in [-0.2, 0) is 0 Å². The van der Waals surface area contributed by atoms with E-state index in [1.54, 1.807) is 0 Å². The second-order valence-electron chi connectivity index (χ2n) is 3.04. The van der Waals surface area contributed by atoms with Crippen molar-refractivity contribution >= 4 is 0 Å². The number of alkyl halides is 8. The van der Waals surface area contributed by atoms with E-state index in [0.717, 1.165) is 0 Å². The van der Waals surface area contributed by atoms with Gasteiger partial charge in [-0.1, -0.05) is 0 Å². The highest BCUT2D eigenvalue weighted by molar-refractivity contribution is 5.53. The topological polar surface area (TPSA) is 0 Å². The van der Waals surface area contributed by atoms with Crippen molar-refractivity contribution in [2.24, 2.45) is 0 Å². The van der Waals surface area contributed by atoms with Gasteiger partial charge in [0, 0.05) is 0 Å². The van der Waals surface area contributed by atoms with Crippen molar-refractivity contribution in [1.29, 1.82) is 0 Å². The van der Waals surface area contributed by atoms with Gasteiger partial charge in [-0.15, -0.1) is 0 Å². The van der Waals surface area contributed by atoms with Gasteiger partial charge in [0.1, 0.15) is 0 Å².